The molecule has 0 radical (unpaired) electrons. The van der Waals surface area contributed by atoms with Crippen molar-refractivity contribution in [2.75, 3.05) is 20.3 Å². The van der Waals surface area contributed by atoms with Gasteiger partial charge in [0.15, 0.2) is 11.5 Å². The first-order valence-electron chi connectivity index (χ1n) is 9.30. The van der Waals surface area contributed by atoms with Crippen molar-refractivity contribution >= 4 is 10.0 Å². The Balaban J connectivity index is 1.75. The number of sulfonamides is 1. The van der Waals surface area contributed by atoms with Crippen molar-refractivity contribution in [2.45, 2.75) is 18.4 Å². The molecule has 3 aromatic rings. The van der Waals surface area contributed by atoms with Gasteiger partial charge in [0.1, 0.15) is 6.61 Å². The molecule has 0 bridgehead atoms. The van der Waals surface area contributed by atoms with Gasteiger partial charge in [0, 0.05) is 36.6 Å². The molecule has 1 aliphatic rings. The normalized spacial score (nSPS) is 14.6. The Labute approximate surface area is 170 Å². The van der Waals surface area contributed by atoms with Crippen LogP contribution < -0.4 is 9.47 Å². The third-order valence-corrected chi connectivity index (χ3v) is 6.80. The molecule has 29 heavy (non-hydrogen) atoms. The minimum atomic E-state index is -3.64. The van der Waals surface area contributed by atoms with Crippen LogP contribution in [0.3, 0.4) is 0 Å². The summed E-state index contributed by atoms with van der Waals surface area (Å²) in [5.41, 5.74) is 3.59. The average Bonchev–Trinajstić information content (AvgIpc) is 2.97. The van der Waals surface area contributed by atoms with Gasteiger partial charge in [0.25, 0.3) is 0 Å². The van der Waals surface area contributed by atoms with Crippen LogP contribution in [0.5, 0.6) is 11.5 Å². The van der Waals surface area contributed by atoms with Gasteiger partial charge in [-0.1, -0.05) is 23.8 Å². The molecule has 150 valence electrons. The summed E-state index contributed by atoms with van der Waals surface area (Å²) in [4.78, 5) is 4.45. The van der Waals surface area contributed by atoms with E-state index in [1.165, 1.54) is 4.31 Å². The monoisotopic (exact) mass is 410 g/mol. The molecule has 4 rings (SSSR count). The Morgan fingerprint density at radius 1 is 1.10 bits per heavy atom. The third-order valence-electron chi connectivity index (χ3n) is 4.94. The predicted octanol–water partition coefficient (Wildman–Crippen LogP) is 3.65. The smallest absolute Gasteiger partial charge is 0.243 e. The lowest BCUT2D eigenvalue weighted by atomic mass is 10.0. The highest BCUT2D eigenvalue weighted by atomic mass is 32.2. The van der Waals surface area contributed by atoms with E-state index in [0.29, 0.717) is 11.5 Å². The van der Waals surface area contributed by atoms with Crippen LogP contribution in [0.1, 0.15) is 11.1 Å². The van der Waals surface area contributed by atoms with Gasteiger partial charge < -0.3 is 9.47 Å². The number of benzene rings is 2. The average molecular weight is 410 g/mol. The number of aryl methyl sites for hydroxylation is 1. The quantitative estimate of drug-likeness (QED) is 0.657. The van der Waals surface area contributed by atoms with Gasteiger partial charge in [-0.25, -0.2) is 8.42 Å². The van der Waals surface area contributed by atoms with Crippen molar-refractivity contribution < 1.29 is 17.9 Å². The molecule has 0 spiro atoms. The maximum atomic E-state index is 13.2. The number of rotatable bonds is 4. The van der Waals surface area contributed by atoms with E-state index in [1.54, 1.807) is 43.8 Å². The Hall–Kier alpha value is -2.90. The number of nitrogens with zero attached hydrogens (tertiary/aromatic N) is 2. The van der Waals surface area contributed by atoms with Crippen molar-refractivity contribution in [2.24, 2.45) is 0 Å². The molecular formula is C22H22N2O4S. The molecule has 1 aromatic heterocycles. The van der Waals surface area contributed by atoms with Crippen LogP contribution >= 0.6 is 0 Å². The highest BCUT2D eigenvalue weighted by Crippen LogP contribution is 2.39. The highest BCUT2D eigenvalue weighted by Gasteiger charge is 2.29. The highest BCUT2D eigenvalue weighted by molar-refractivity contribution is 7.89. The first-order chi connectivity index (χ1) is 14.0. The molecule has 7 heteroatoms. The van der Waals surface area contributed by atoms with E-state index in [2.05, 4.69) is 4.98 Å². The summed E-state index contributed by atoms with van der Waals surface area (Å²) < 4.78 is 39.3. The topological polar surface area (TPSA) is 68.7 Å². The van der Waals surface area contributed by atoms with E-state index in [-0.39, 0.29) is 24.6 Å². The zero-order chi connectivity index (χ0) is 20.4. The molecule has 1 aliphatic heterocycles. The van der Waals surface area contributed by atoms with Crippen LogP contribution in [-0.4, -0.2) is 38.0 Å². The molecule has 2 heterocycles. The number of methoxy groups -OCH3 is 1. The molecular weight excluding hydrogens is 388 g/mol. The number of hydrogen-bond donors (Lipinski definition) is 0. The van der Waals surface area contributed by atoms with Gasteiger partial charge in [-0.15, -0.1) is 0 Å². The second-order valence-electron chi connectivity index (χ2n) is 6.91. The molecule has 0 amide bonds. The van der Waals surface area contributed by atoms with E-state index in [9.17, 15) is 8.42 Å². The first kappa shape index (κ1) is 19.4. The lowest BCUT2D eigenvalue weighted by molar-refractivity contribution is 0.279. The van der Waals surface area contributed by atoms with E-state index in [0.717, 1.165) is 22.3 Å². The summed E-state index contributed by atoms with van der Waals surface area (Å²) in [6, 6.07) is 14.5. The molecule has 0 unspecified atom stereocenters. The standard InChI is InChI=1S/C22H22N2O4S/c1-16-5-7-20(8-6-16)29(25,26)24-10-11-28-22-19(15-24)12-18(13-21(22)27-2)17-4-3-9-23-14-17/h3-9,12-14H,10-11,15H2,1-2H3. The second kappa shape index (κ2) is 7.85. The maximum Gasteiger partial charge on any atom is 0.243 e. The number of pyridine rings is 1. The fourth-order valence-electron chi connectivity index (χ4n) is 3.38. The Morgan fingerprint density at radius 2 is 1.90 bits per heavy atom. The number of hydrogen-bond acceptors (Lipinski definition) is 5. The molecule has 0 saturated heterocycles. The Bertz CT molecular complexity index is 1110. The Morgan fingerprint density at radius 3 is 2.59 bits per heavy atom. The van der Waals surface area contributed by atoms with Crippen LogP contribution in [0.25, 0.3) is 11.1 Å². The molecule has 0 N–H and O–H groups in total. The molecule has 0 atom stereocenters. The summed E-state index contributed by atoms with van der Waals surface area (Å²) in [6.45, 7) is 2.64. The molecule has 0 saturated carbocycles. The Kier molecular flexibility index (Phi) is 5.25. The number of aromatic nitrogens is 1. The largest absolute Gasteiger partial charge is 0.493 e. The van der Waals surface area contributed by atoms with Crippen molar-refractivity contribution in [1.82, 2.24) is 9.29 Å². The maximum absolute atomic E-state index is 13.2. The fraction of sp³-hybridized carbons (Fsp3) is 0.227. The van der Waals surface area contributed by atoms with E-state index in [1.807, 2.05) is 31.2 Å². The second-order valence-corrected chi connectivity index (χ2v) is 8.85. The minimum Gasteiger partial charge on any atom is -0.493 e. The van der Waals surface area contributed by atoms with E-state index < -0.39 is 10.0 Å². The van der Waals surface area contributed by atoms with Crippen LogP contribution in [0.15, 0.2) is 65.8 Å². The lowest BCUT2D eigenvalue weighted by Gasteiger charge is -2.20. The van der Waals surface area contributed by atoms with Gasteiger partial charge in [-0.2, -0.15) is 4.31 Å². The molecule has 2 aromatic carbocycles. The van der Waals surface area contributed by atoms with Gasteiger partial charge in [-0.05, 0) is 42.8 Å². The molecule has 0 aliphatic carbocycles. The van der Waals surface area contributed by atoms with Crippen molar-refractivity contribution in [3.05, 3.63) is 72.1 Å². The van der Waals surface area contributed by atoms with E-state index in [4.69, 9.17) is 9.47 Å². The van der Waals surface area contributed by atoms with Gasteiger partial charge >= 0.3 is 0 Å². The van der Waals surface area contributed by atoms with Gasteiger partial charge in [0.2, 0.25) is 10.0 Å². The van der Waals surface area contributed by atoms with Gasteiger partial charge in [-0.3, -0.25) is 4.98 Å². The van der Waals surface area contributed by atoms with Crippen molar-refractivity contribution in [3.8, 4) is 22.6 Å². The lowest BCUT2D eigenvalue weighted by Crippen LogP contribution is -2.32. The van der Waals surface area contributed by atoms with Crippen LogP contribution in [0.2, 0.25) is 0 Å². The molecule has 6 nitrogen and oxygen atoms in total. The summed E-state index contributed by atoms with van der Waals surface area (Å²) >= 11 is 0. The zero-order valence-electron chi connectivity index (χ0n) is 16.3. The van der Waals surface area contributed by atoms with Crippen LogP contribution in [0, 0.1) is 6.92 Å². The third kappa shape index (κ3) is 3.83. The number of ether oxygens (including phenoxy) is 2. The minimum absolute atomic E-state index is 0.204. The summed E-state index contributed by atoms with van der Waals surface area (Å²) in [7, 11) is -2.06. The predicted molar refractivity (Wildman–Crippen MR) is 110 cm³/mol. The number of fused-ring (bicyclic) bond motifs is 1. The van der Waals surface area contributed by atoms with Crippen molar-refractivity contribution in [3.63, 3.8) is 0 Å². The van der Waals surface area contributed by atoms with Crippen LogP contribution in [0.4, 0.5) is 0 Å². The SMILES string of the molecule is COc1cc(-c2cccnc2)cc2c1OCCN(S(=O)(=O)c1ccc(C)cc1)C2. The molecule has 0 fully saturated rings. The van der Waals surface area contributed by atoms with Gasteiger partial charge in [0.05, 0.1) is 12.0 Å². The summed E-state index contributed by atoms with van der Waals surface area (Å²) in [5.74, 6) is 1.16. The van der Waals surface area contributed by atoms with E-state index >= 15 is 0 Å². The zero-order valence-corrected chi connectivity index (χ0v) is 17.1. The van der Waals surface area contributed by atoms with Crippen LogP contribution in [-0.2, 0) is 16.6 Å². The van der Waals surface area contributed by atoms with Crippen molar-refractivity contribution in [1.29, 1.82) is 0 Å². The fourth-order valence-corrected chi connectivity index (χ4v) is 4.78. The first-order valence-corrected chi connectivity index (χ1v) is 10.7. The summed E-state index contributed by atoms with van der Waals surface area (Å²) in [5, 5.41) is 0. The summed E-state index contributed by atoms with van der Waals surface area (Å²) in [6.07, 6.45) is 3.47.